The molecule has 9 aromatic rings. The van der Waals surface area contributed by atoms with Crippen LogP contribution in [0.4, 0.5) is 0 Å². The average molecular weight is 609 g/mol. The molecule has 0 atom stereocenters. The van der Waals surface area contributed by atoms with E-state index in [2.05, 4.69) is 130 Å². The van der Waals surface area contributed by atoms with Gasteiger partial charge in [0.15, 0.2) is 0 Å². The quantitative estimate of drug-likeness (QED) is 0.200. The molecule has 0 saturated carbocycles. The first-order valence-corrected chi connectivity index (χ1v) is 15.7. The zero-order valence-corrected chi connectivity index (χ0v) is 25.6. The minimum atomic E-state index is 0.423. The van der Waals surface area contributed by atoms with Gasteiger partial charge in [0.25, 0.3) is 0 Å². The van der Waals surface area contributed by atoms with Crippen molar-refractivity contribution in [3.63, 3.8) is 0 Å². The molecule has 48 heavy (non-hydrogen) atoms. The summed E-state index contributed by atoms with van der Waals surface area (Å²) in [5, 5.41) is 25.2. The monoisotopic (exact) mass is 608 g/mol. The van der Waals surface area contributed by atoms with E-state index in [-0.39, 0.29) is 0 Å². The van der Waals surface area contributed by atoms with Crippen molar-refractivity contribution in [3.8, 4) is 45.8 Å². The van der Waals surface area contributed by atoms with Crippen LogP contribution in [0.2, 0.25) is 0 Å². The van der Waals surface area contributed by atoms with Crippen LogP contribution >= 0.6 is 0 Å². The third kappa shape index (κ3) is 4.03. The van der Waals surface area contributed by atoms with Crippen molar-refractivity contribution in [2.24, 2.45) is 0 Å². The number of fused-ring (bicyclic) bond motifs is 6. The van der Waals surface area contributed by atoms with Crippen LogP contribution in [-0.4, -0.2) is 9.13 Å². The van der Waals surface area contributed by atoms with E-state index >= 15 is 0 Å². The first kappa shape index (κ1) is 27.3. The summed E-state index contributed by atoms with van der Waals surface area (Å²) in [5.41, 5.74) is 10.5. The molecule has 9 rings (SSSR count). The van der Waals surface area contributed by atoms with E-state index in [1.165, 1.54) is 10.8 Å². The minimum absolute atomic E-state index is 0.423. The summed E-state index contributed by atoms with van der Waals surface area (Å²) in [6.45, 7) is 0. The molecule has 4 heteroatoms. The van der Waals surface area contributed by atoms with Gasteiger partial charge in [0.05, 0.1) is 45.0 Å². The first-order valence-electron chi connectivity index (χ1n) is 15.7. The number of hydrogen-bond acceptors (Lipinski definition) is 2. The molecule has 2 aromatic heterocycles. The lowest BCUT2D eigenvalue weighted by molar-refractivity contribution is 1.17. The molecule has 0 amide bonds. The highest BCUT2D eigenvalue weighted by molar-refractivity contribution is 6.11. The van der Waals surface area contributed by atoms with E-state index in [4.69, 9.17) is 0 Å². The van der Waals surface area contributed by atoms with Gasteiger partial charge in [-0.1, -0.05) is 97.1 Å². The Kier molecular flexibility index (Phi) is 6.13. The fraction of sp³-hybridized carbons (Fsp3) is 0. The van der Waals surface area contributed by atoms with Crippen LogP contribution < -0.4 is 0 Å². The molecule has 0 aliphatic rings. The molecular formula is C44H24N4. The highest BCUT2D eigenvalue weighted by atomic mass is 15.0. The largest absolute Gasteiger partial charge is 0.309 e. The highest BCUT2D eigenvalue weighted by Gasteiger charge is 2.22. The molecule has 220 valence electrons. The lowest BCUT2D eigenvalue weighted by Gasteiger charge is -2.18. The smallest absolute Gasteiger partial charge is 0.101 e. The number of rotatable bonds is 4. The Balaban J connectivity index is 1.27. The summed E-state index contributed by atoms with van der Waals surface area (Å²) in [5.74, 6) is 0. The zero-order chi connectivity index (χ0) is 32.2. The van der Waals surface area contributed by atoms with Gasteiger partial charge < -0.3 is 9.13 Å². The van der Waals surface area contributed by atoms with Crippen molar-refractivity contribution in [1.29, 1.82) is 10.5 Å². The Hall–Kier alpha value is -7.06. The molecule has 0 aliphatic carbocycles. The Morgan fingerprint density at radius 2 is 0.938 bits per heavy atom. The van der Waals surface area contributed by atoms with Crippen molar-refractivity contribution in [3.05, 3.63) is 169 Å². The van der Waals surface area contributed by atoms with Gasteiger partial charge in [-0.2, -0.15) is 10.5 Å². The number of aromatic nitrogens is 2. The SMILES string of the molecule is N#Cc1cc(C#N)c(-n2c3ccccc3c3ccccc32)c(-c2cc#ccc2-c2ccc(-n3c4ccccc4c4ccccc43)cc2)c1. The summed E-state index contributed by atoms with van der Waals surface area (Å²) in [4.78, 5) is 0. The van der Waals surface area contributed by atoms with Gasteiger partial charge in [-0.3, -0.25) is 0 Å². The lowest BCUT2D eigenvalue weighted by Crippen LogP contribution is -2.02. The van der Waals surface area contributed by atoms with Crippen LogP contribution in [0.1, 0.15) is 11.1 Å². The highest BCUT2D eigenvalue weighted by Crippen LogP contribution is 2.41. The summed E-state index contributed by atoms with van der Waals surface area (Å²) in [6, 6.07) is 60.5. The topological polar surface area (TPSA) is 57.4 Å². The van der Waals surface area contributed by atoms with E-state index in [0.29, 0.717) is 11.1 Å². The van der Waals surface area contributed by atoms with Gasteiger partial charge in [0, 0.05) is 38.4 Å². The summed E-state index contributed by atoms with van der Waals surface area (Å²) < 4.78 is 4.46. The van der Waals surface area contributed by atoms with Crippen LogP contribution in [-0.2, 0) is 0 Å². The molecule has 0 fully saturated rings. The Morgan fingerprint density at radius 1 is 0.458 bits per heavy atom. The van der Waals surface area contributed by atoms with Crippen LogP contribution in [0.25, 0.3) is 77.2 Å². The third-order valence-electron chi connectivity index (χ3n) is 9.28. The molecule has 7 aromatic carbocycles. The maximum absolute atomic E-state index is 10.5. The fourth-order valence-electron chi connectivity index (χ4n) is 7.23. The van der Waals surface area contributed by atoms with Gasteiger partial charge in [0.2, 0.25) is 0 Å². The van der Waals surface area contributed by atoms with Gasteiger partial charge in [-0.15, -0.1) is 0 Å². The lowest BCUT2D eigenvalue weighted by atomic mass is 9.91. The second-order valence-electron chi connectivity index (χ2n) is 11.8. The van der Waals surface area contributed by atoms with Crippen LogP contribution in [0.15, 0.2) is 146 Å². The average Bonchev–Trinajstić information content (AvgIpc) is 3.67. The fourth-order valence-corrected chi connectivity index (χ4v) is 7.23. The first-order chi connectivity index (χ1) is 23.7. The minimum Gasteiger partial charge on any atom is -0.309 e. The molecule has 4 nitrogen and oxygen atoms in total. The second-order valence-corrected chi connectivity index (χ2v) is 11.8. The molecule has 2 heterocycles. The normalized spacial score (nSPS) is 11.1. The van der Waals surface area contributed by atoms with Crippen LogP contribution in [0, 0.1) is 34.8 Å². The summed E-state index contributed by atoms with van der Waals surface area (Å²) in [6.07, 6.45) is 0. The molecule has 0 unspecified atom stereocenters. The molecule has 0 spiro atoms. The van der Waals surface area contributed by atoms with Gasteiger partial charge in [-0.25, -0.2) is 0 Å². The number of hydrogen-bond donors (Lipinski definition) is 0. The van der Waals surface area contributed by atoms with E-state index in [1.807, 2.05) is 42.5 Å². The predicted molar refractivity (Wildman–Crippen MR) is 193 cm³/mol. The van der Waals surface area contributed by atoms with Crippen LogP contribution in [0.5, 0.6) is 0 Å². The maximum atomic E-state index is 10.5. The van der Waals surface area contributed by atoms with Crippen molar-refractivity contribution in [2.75, 3.05) is 0 Å². The van der Waals surface area contributed by atoms with Crippen molar-refractivity contribution in [2.45, 2.75) is 0 Å². The van der Waals surface area contributed by atoms with Gasteiger partial charge in [0.1, 0.15) is 6.07 Å². The van der Waals surface area contributed by atoms with Gasteiger partial charge in [-0.05, 0) is 71.8 Å². The molecule has 0 N–H and O–H groups in total. The molecular weight excluding hydrogens is 585 g/mol. The standard InChI is InChI=1S/C44H24N4/c45-27-29-25-31(28-46)44(48-42-19-9-5-15-37(42)38-16-6-10-20-43(38)48)39(26-29)34-12-2-1-11-33(34)30-21-23-32(24-22-30)47-40-17-7-3-13-35(40)36-14-4-8-18-41(36)47/h3-26H. The Bertz CT molecular complexity index is 2690. The number of benzene rings is 6. The van der Waals surface area contributed by atoms with E-state index in [1.54, 1.807) is 6.07 Å². The van der Waals surface area contributed by atoms with E-state index in [0.717, 1.165) is 66.5 Å². The second kappa shape index (κ2) is 10.8. The molecule has 0 bridgehead atoms. The predicted octanol–water partition coefficient (Wildman–Crippen LogP) is 10.6. The van der Waals surface area contributed by atoms with Crippen molar-refractivity contribution >= 4 is 43.6 Å². The van der Waals surface area contributed by atoms with Crippen molar-refractivity contribution in [1.82, 2.24) is 9.13 Å². The van der Waals surface area contributed by atoms with Crippen molar-refractivity contribution < 1.29 is 0 Å². The zero-order valence-electron chi connectivity index (χ0n) is 25.6. The Morgan fingerprint density at radius 3 is 1.44 bits per heavy atom. The summed E-state index contributed by atoms with van der Waals surface area (Å²) in [7, 11) is 0. The van der Waals surface area contributed by atoms with E-state index in [9.17, 15) is 10.5 Å². The number of nitrogens with zero attached hydrogens (tertiary/aromatic N) is 4. The Labute approximate surface area is 277 Å². The van der Waals surface area contributed by atoms with Gasteiger partial charge >= 0.3 is 0 Å². The molecule has 0 radical (unpaired) electrons. The molecule has 0 aliphatic heterocycles. The molecule has 0 saturated heterocycles. The maximum Gasteiger partial charge on any atom is 0.101 e. The third-order valence-corrected chi connectivity index (χ3v) is 9.28. The number of nitriles is 2. The van der Waals surface area contributed by atoms with Crippen LogP contribution in [0.3, 0.4) is 0 Å². The van der Waals surface area contributed by atoms with E-state index < -0.39 is 0 Å². The number of para-hydroxylation sites is 4. The summed E-state index contributed by atoms with van der Waals surface area (Å²) >= 11 is 0.